The van der Waals surface area contributed by atoms with Gasteiger partial charge in [-0.05, 0) is 17.0 Å². The lowest BCUT2D eigenvalue weighted by Crippen LogP contribution is -2.40. The second-order valence-corrected chi connectivity index (χ2v) is 5.18. The molecule has 98 valence electrons. The number of benzene rings is 1. The van der Waals surface area contributed by atoms with Crippen molar-refractivity contribution in [1.82, 2.24) is 10.4 Å². The van der Waals surface area contributed by atoms with Crippen LogP contribution in [0.4, 0.5) is 0 Å². The molecule has 2 rings (SSSR count). The first kappa shape index (κ1) is 13.1. The maximum Gasteiger partial charge on any atom is 0.236 e. The first-order valence-corrected chi connectivity index (χ1v) is 6.35. The van der Waals surface area contributed by atoms with Gasteiger partial charge in [0.1, 0.15) is 0 Å². The van der Waals surface area contributed by atoms with Gasteiger partial charge in [-0.2, -0.15) is 0 Å². The molecule has 18 heavy (non-hydrogen) atoms. The van der Waals surface area contributed by atoms with E-state index in [2.05, 4.69) is 17.6 Å². The predicted octanol–water partition coefficient (Wildman–Crippen LogP) is 1.44. The van der Waals surface area contributed by atoms with Gasteiger partial charge < -0.3 is 5.11 Å². The summed E-state index contributed by atoms with van der Waals surface area (Å²) in [6.45, 7) is 5.28. The molecule has 1 aliphatic rings. The Morgan fingerprint density at radius 2 is 1.89 bits per heavy atom. The van der Waals surface area contributed by atoms with Crippen LogP contribution in [-0.4, -0.2) is 22.1 Å². The van der Waals surface area contributed by atoms with Crippen LogP contribution in [0.1, 0.15) is 31.4 Å². The van der Waals surface area contributed by atoms with Gasteiger partial charge in [0.05, 0.1) is 12.5 Å². The third-order valence-electron chi connectivity index (χ3n) is 3.29. The molecule has 0 aromatic heterocycles. The highest BCUT2D eigenvalue weighted by Gasteiger charge is 2.21. The van der Waals surface area contributed by atoms with Gasteiger partial charge in [-0.1, -0.05) is 38.1 Å². The van der Waals surface area contributed by atoms with Crippen molar-refractivity contribution >= 4 is 5.91 Å². The zero-order valence-corrected chi connectivity index (χ0v) is 10.9. The van der Waals surface area contributed by atoms with E-state index in [1.54, 1.807) is 0 Å². The summed E-state index contributed by atoms with van der Waals surface area (Å²) in [7, 11) is 0. The highest BCUT2D eigenvalue weighted by molar-refractivity contribution is 5.76. The minimum Gasteiger partial charge on any atom is -0.392 e. The van der Waals surface area contributed by atoms with E-state index >= 15 is 0 Å². The molecule has 2 N–H and O–H groups in total. The van der Waals surface area contributed by atoms with Crippen LogP contribution in [0.15, 0.2) is 24.3 Å². The van der Waals surface area contributed by atoms with E-state index in [4.69, 9.17) is 0 Å². The number of hydrogen-bond acceptors (Lipinski definition) is 3. The van der Waals surface area contributed by atoms with Crippen molar-refractivity contribution < 1.29 is 9.90 Å². The molecule has 4 heteroatoms. The third-order valence-corrected chi connectivity index (χ3v) is 3.29. The molecular formula is C14H20N2O2. The van der Waals surface area contributed by atoms with Crippen LogP contribution in [0.2, 0.25) is 0 Å². The molecule has 0 radical (unpaired) electrons. The maximum atomic E-state index is 11.8. The monoisotopic (exact) mass is 248 g/mol. The Labute approximate surface area is 108 Å². The predicted molar refractivity (Wildman–Crippen MR) is 69.3 cm³/mol. The van der Waals surface area contributed by atoms with Gasteiger partial charge >= 0.3 is 0 Å². The molecule has 1 atom stereocenters. The second-order valence-electron chi connectivity index (χ2n) is 5.18. The number of aliphatic hydroxyl groups excluding tert-OH is 1. The fourth-order valence-electron chi connectivity index (χ4n) is 2.06. The molecular weight excluding hydrogens is 228 g/mol. The normalized spacial score (nSPS) is 16.7. The zero-order valence-electron chi connectivity index (χ0n) is 10.9. The van der Waals surface area contributed by atoms with Gasteiger partial charge in [-0.25, -0.2) is 5.01 Å². The van der Waals surface area contributed by atoms with E-state index in [1.165, 1.54) is 11.1 Å². The molecule has 0 spiro atoms. The van der Waals surface area contributed by atoms with E-state index in [0.717, 1.165) is 13.1 Å². The fraction of sp³-hybridized carbons (Fsp3) is 0.500. The number of hydrogen-bond donors (Lipinski definition) is 2. The number of aliphatic hydroxyl groups is 1. The van der Waals surface area contributed by atoms with Crippen molar-refractivity contribution in [2.24, 2.45) is 5.92 Å². The summed E-state index contributed by atoms with van der Waals surface area (Å²) >= 11 is 0. The summed E-state index contributed by atoms with van der Waals surface area (Å²) in [5.74, 6) is -0.0180. The Kier molecular flexibility index (Phi) is 3.99. The number of nitrogens with one attached hydrogen (secondary N) is 1. The number of rotatable bonds is 4. The quantitative estimate of drug-likeness (QED) is 0.847. The van der Waals surface area contributed by atoms with E-state index in [-0.39, 0.29) is 18.2 Å². The lowest BCUT2D eigenvalue weighted by molar-refractivity contribution is -0.128. The summed E-state index contributed by atoms with van der Waals surface area (Å²) in [4.78, 5) is 11.8. The summed E-state index contributed by atoms with van der Waals surface area (Å²) in [6, 6.07) is 8.16. The van der Waals surface area contributed by atoms with Crippen molar-refractivity contribution in [3.05, 3.63) is 35.4 Å². The van der Waals surface area contributed by atoms with E-state index in [1.807, 2.05) is 31.0 Å². The molecule has 1 amide bonds. The summed E-state index contributed by atoms with van der Waals surface area (Å²) in [5, 5.41) is 11.6. The SMILES string of the molecule is CC(C)C(O)CC(=O)NN1Cc2ccccc2C1. The molecule has 0 fully saturated rings. The topological polar surface area (TPSA) is 52.6 Å². The molecule has 0 saturated heterocycles. The van der Waals surface area contributed by atoms with Crippen LogP contribution in [-0.2, 0) is 17.9 Å². The highest BCUT2D eigenvalue weighted by Crippen LogP contribution is 2.20. The van der Waals surface area contributed by atoms with Crippen molar-refractivity contribution in [3.8, 4) is 0 Å². The molecule has 4 nitrogen and oxygen atoms in total. The van der Waals surface area contributed by atoms with Crippen LogP contribution < -0.4 is 5.43 Å². The molecule has 1 unspecified atom stereocenters. The van der Waals surface area contributed by atoms with Gasteiger partial charge in [0, 0.05) is 13.1 Å². The Morgan fingerprint density at radius 1 is 1.33 bits per heavy atom. The molecule has 0 aliphatic carbocycles. The lowest BCUT2D eigenvalue weighted by Gasteiger charge is -2.19. The molecule has 1 aromatic carbocycles. The summed E-state index contributed by atoms with van der Waals surface area (Å²) < 4.78 is 0. The van der Waals surface area contributed by atoms with Crippen molar-refractivity contribution in [3.63, 3.8) is 0 Å². The average molecular weight is 248 g/mol. The Morgan fingerprint density at radius 3 is 2.39 bits per heavy atom. The first-order valence-electron chi connectivity index (χ1n) is 6.35. The minimum atomic E-state index is -0.574. The van der Waals surface area contributed by atoms with Crippen molar-refractivity contribution in [2.45, 2.75) is 39.5 Å². The number of hydrazine groups is 1. The van der Waals surface area contributed by atoms with Gasteiger partial charge in [0.2, 0.25) is 5.91 Å². The Hall–Kier alpha value is -1.39. The van der Waals surface area contributed by atoms with Crippen LogP contribution >= 0.6 is 0 Å². The molecule has 1 heterocycles. The fourth-order valence-corrected chi connectivity index (χ4v) is 2.06. The number of nitrogens with zero attached hydrogens (tertiary/aromatic N) is 1. The van der Waals surface area contributed by atoms with E-state index in [0.29, 0.717) is 0 Å². The van der Waals surface area contributed by atoms with Gasteiger partial charge in [0.25, 0.3) is 0 Å². The lowest BCUT2D eigenvalue weighted by atomic mass is 10.0. The standard InChI is InChI=1S/C14H20N2O2/c1-10(2)13(17)7-14(18)15-16-8-11-5-3-4-6-12(11)9-16/h3-6,10,13,17H,7-9H2,1-2H3,(H,15,18). The average Bonchev–Trinajstić information content (AvgIpc) is 2.70. The van der Waals surface area contributed by atoms with Crippen LogP contribution in [0.3, 0.4) is 0 Å². The number of carbonyl (C=O) groups excluding carboxylic acids is 1. The van der Waals surface area contributed by atoms with E-state index < -0.39 is 6.10 Å². The van der Waals surface area contributed by atoms with Gasteiger partial charge in [-0.3, -0.25) is 10.2 Å². The molecule has 1 aromatic rings. The van der Waals surface area contributed by atoms with Crippen LogP contribution in [0, 0.1) is 5.92 Å². The minimum absolute atomic E-state index is 0.103. The summed E-state index contributed by atoms with van der Waals surface area (Å²) in [5.41, 5.74) is 5.35. The largest absolute Gasteiger partial charge is 0.392 e. The second kappa shape index (κ2) is 5.50. The van der Waals surface area contributed by atoms with Crippen molar-refractivity contribution in [1.29, 1.82) is 0 Å². The highest BCUT2D eigenvalue weighted by atomic mass is 16.3. The number of carbonyl (C=O) groups is 1. The molecule has 1 aliphatic heterocycles. The van der Waals surface area contributed by atoms with Crippen LogP contribution in [0.5, 0.6) is 0 Å². The molecule has 0 bridgehead atoms. The Bertz CT molecular complexity index is 407. The maximum absolute atomic E-state index is 11.8. The van der Waals surface area contributed by atoms with Gasteiger partial charge in [0.15, 0.2) is 0 Å². The van der Waals surface area contributed by atoms with Crippen molar-refractivity contribution in [2.75, 3.05) is 0 Å². The first-order chi connectivity index (χ1) is 8.56. The van der Waals surface area contributed by atoms with E-state index in [9.17, 15) is 9.90 Å². The molecule has 0 saturated carbocycles. The third kappa shape index (κ3) is 3.09. The smallest absolute Gasteiger partial charge is 0.236 e. The Balaban J connectivity index is 1.84. The zero-order chi connectivity index (χ0) is 13.1. The number of amides is 1. The number of fused-ring (bicyclic) bond motifs is 1. The van der Waals surface area contributed by atoms with Crippen LogP contribution in [0.25, 0.3) is 0 Å². The summed E-state index contributed by atoms with van der Waals surface area (Å²) in [6.07, 6.45) is -0.417. The van der Waals surface area contributed by atoms with Gasteiger partial charge in [-0.15, -0.1) is 0 Å².